The van der Waals surface area contributed by atoms with Crippen molar-refractivity contribution in [3.05, 3.63) is 28.8 Å². The summed E-state index contributed by atoms with van der Waals surface area (Å²) in [5.41, 5.74) is 1.22. The molecule has 88 valence electrons. The van der Waals surface area contributed by atoms with Gasteiger partial charge in [0.1, 0.15) is 11.9 Å². The minimum absolute atomic E-state index is 0.323. The van der Waals surface area contributed by atoms with Crippen molar-refractivity contribution in [2.45, 2.75) is 32.3 Å². The smallest absolute Gasteiger partial charge is 0.123 e. The van der Waals surface area contributed by atoms with Crippen LogP contribution in [0, 0.1) is 0 Å². The molecular formula is C13H18ClNO. The van der Waals surface area contributed by atoms with Crippen LogP contribution in [0.15, 0.2) is 18.2 Å². The molecule has 1 saturated heterocycles. The van der Waals surface area contributed by atoms with E-state index in [9.17, 15) is 0 Å². The fourth-order valence-corrected chi connectivity index (χ4v) is 1.94. The Balaban J connectivity index is 2.20. The number of rotatable bonds is 4. The van der Waals surface area contributed by atoms with Crippen LogP contribution in [0.25, 0.3) is 0 Å². The van der Waals surface area contributed by atoms with E-state index in [1.54, 1.807) is 0 Å². The molecule has 0 bridgehead atoms. The number of benzene rings is 1. The van der Waals surface area contributed by atoms with Crippen molar-refractivity contribution in [2.24, 2.45) is 0 Å². The predicted molar refractivity (Wildman–Crippen MR) is 67.4 cm³/mol. The Bertz CT molecular complexity index is 363. The monoisotopic (exact) mass is 239 g/mol. The Hall–Kier alpha value is -0.730. The van der Waals surface area contributed by atoms with E-state index in [2.05, 4.69) is 19.2 Å². The zero-order valence-electron chi connectivity index (χ0n) is 9.79. The minimum Gasteiger partial charge on any atom is -0.487 e. The zero-order chi connectivity index (χ0) is 11.5. The van der Waals surface area contributed by atoms with Gasteiger partial charge in [-0.2, -0.15) is 0 Å². The van der Waals surface area contributed by atoms with Crippen LogP contribution in [-0.4, -0.2) is 19.2 Å². The molecule has 0 saturated carbocycles. The molecule has 1 heterocycles. The molecule has 0 aromatic heterocycles. The lowest BCUT2D eigenvalue weighted by atomic mass is 9.97. The maximum Gasteiger partial charge on any atom is 0.123 e. The molecule has 16 heavy (non-hydrogen) atoms. The summed E-state index contributed by atoms with van der Waals surface area (Å²) in [6, 6.07) is 5.91. The Morgan fingerprint density at radius 3 is 2.81 bits per heavy atom. The van der Waals surface area contributed by atoms with Gasteiger partial charge in [-0.3, -0.25) is 0 Å². The van der Waals surface area contributed by atoms with Crippen molar-refractivity contribution in [1.82, 2.24) is 5.32 Å². The fourth-order valence-electron chi connectivity index (χ4n) is 1.76. The second-order valence-corrected chi connectivity index (χ2v) is 4.83. The topological polar surface area (TPSA) is 21.3 Å². The normalized spacial score (nSPS) is 17.9. The van der Waals surface area contributed by atoms with Crippen LogP contribution in [-0.2, 0) is 0 Å². The van der Waals surface area contributed by atoms with E-state index in [1.807, 2.05) is 18.2 Å². The molecule has 2 nitrogen and oxygen atoms in total. The quantitative estimate of drug-likeness (QED) is 0.871. The first-order chi connectivity index (χ1) is 7.70. The molecule has 1 aromatic carbocycles. The van der Waals surface area contributed by atoms with Gasteiger partial charge in [0, 0.05) is 18.1 Å². The van der Waals surface area contributed by atoms with Gasteiger partial charge in [0.05, 0.1) is 0 Å². The third kappa shape index (κ3) is 2.50. The fraction of sp³-hybridized carbons (Fsp3) is 0.538. The summed E-state index contributed by atoms with van der Waals surface area (Å²) in [7, 11) is 0. The van der Waals surface area contributed by atoms with Crippen molar-refractivity contribution in [1.29, 1.82) is 0 Å². The molecule has 1 N–H and O–H groups in total. The summed E-state index contributed by atoms with van der Waals surface area (Å²) in [6.45, 7) is 6.28. The van der Waals surface area contributed by atoms with Gasteiger partial charge in [0.15, 0.2) is 0 Å². The molecule has 0 unspecified atom stereocenters. The first-order valence-corrected chi connectivity index (χ1v) is 6.25. The summed E-state index contributed by atoms with van der Waals surface area (Å²) >= 11 is 6.03. The summed E-state index contributed by atoms with van der Waals surface area (Å²) in [5.74, 6) is 1.48. The second kappa shape index (κ2) is 5.07. The van der Waals surface area contributed by atoms with Crippen molar-refractivity contribution >= 4 is 11.6 Å². The summed E-state index contributed by atoms with van der Waals surface area (Å²) < 4.78 is 5.94. The van der Waals surface area contributed by atoms with Crippen molar-refractivity contribution in [3.63, 3.8) is 0 Å². The molecule has 1 aliphatic rings. The van der Waals surface area contributed by atoms with Crippen LogP contribution in [0.4, 0.5) is 0 Å². The molecule has 1 fully saturated rings. The maximum atomic E-state index is 6.03. The summed E-state index contributed by atoms with van der Waals surface area (Å²) in [5, 5.41) is 3.99. The number of halogens is 1. The summed E-state index contributed by atoms with van der Waals surface area (Å²) in [4.78, 5) is 0. The standard InChI is InChI=1S/C13H18ClNO/c1-3-9(2)12-6-10(14)4-5-13(12)16-11-7-15-8-11/h4-6,9,11,15H,3,7-8H2,1-2H3/t9-/m1/s1. The largest absolute Gasteiger partial charge is 0.487 e. The van der Waals surface area contributed by atoms with E-state index >= 15 is 0 Å². The lowest BCUT2D eigenvalue weighted by Gasteiger charge is -2.29. The number of hydrogen-bond acceptors (Lipinski definition) is 2. The second-order valence-electron chi connectivity index (χ2n) is 4.39. The highest BCUT2D eigenvalue weighted by atomic mass is 35.5. The Labute approximate surface area is 102 Å². The van der Waals surface area contributed by atoms with Crippen LogP contribution < -0.4 is 10.1 Å². The average Bonchev–Trinajstić information content (AvgIpc) is 2.23. The van der Waals surface area contributed by atoms with Gasteiger partial charge in [0.25, 0.3) is 0 Å². The van der Waals surface area contributed by atoms with E-state index < -0.39 is 0 Å². The highest BCUT2D eigenvalue weighted by Crippen LogP contribution is 2.32. The molecule has 1 atom stereocenters. The van der Waals surface area contributed by atoms with Gasteiger partial charge < -0.3 is 10.1 Å². The van der Waals surface area contributed by atoms with Crippen molar-refractivity contribution < 1.29 is 4.74 Å². The van der Waals surface area contributed by atoms with E-state index in [-0.39, 0.29) is 0 Å². The van der Waals surface area contributed by atoms with Crippen molar-refractivity contribution in [3.8, 4) is 5.75 Å². The predicted octanol–water partition coefficient (Wildman–Crippen LogP) is 3.20. The molecule has 0 amide bonds. The maximum absolute atomic E-state index is 6.03. The third-order valence-corrected chi connectivity index (χ3v) is 3.39. The number of ether oxygens (including phenoxy) is 1. The van der Waals surface area contributed by atoms with Crippen LogP contribution in [0.5, 0.6) is 5.75 Å². The number of hydrogen-bond donors (Lipinski definition) is 1. The Morgan fingerprint density at radius 2 is 2.25 bits per heavy atom. The van der Waals surface area contributed by atoms with Gasteiger partial charge in [0.2, 0.25) is 0 Å². The third-order valence-electron chi connectivity index (χ3n) is 3.15. The SMILES string of the molecule is CC[C@@H](C)c1cc(Cl)ccc1OC1CNC1. The lowest BCUT2D eigenvalue weighted by molar-refractivity contribution is 0.140. The molecule has 1 aliphatic heterocycles. The van der Waals surface area contributed by atoms with Gasteiger partial charge in [-0.1, -0.05) is 25.4 Å². The molecule has 1 aromatic rings. The highest BCUT2D eigenvalue weighted by Gasteiger charge is 2.20. The minimum atomic E-state index is 0.323. The Kier molecular flexibility index (Phi) is 3.72. The van der Waals surface area contributed by atoms with Crippen LogP contribution in [0.1, 0.15) is 31.7 Å². The molecule has 0 radical (unpaired) electrons. The van der Waals surface area contributed by atoms with E-state index in [0.29, 0.717) is 12.0 Å². The molecule has 0 spiro atoms. The van der Waals surface area contributed by atoms with Crippen molar-refractivity contribution in [2.75, 3.05) is 13.1 Å². The molecule has 2 rings (SSSR count). The Morgan fingerprint density at radius 1 is 1.50 bits per heavy atom. The van der Waals surface area contributed by atoms with Gasteiger partial charge in [-0.25, -0.2) is 0 Å². The van der Waals surface area contributed by atoms with Gasteiger partial charge in [-0.05, 0) is 36.1 Å². The highest BCUT2D eigenvalue weighted by molar-refractivity contribution is 6.30. The molecule has 0 aliphatic carbocycles. The summed E-state index contributed by atoms with van der Waals surface area (Å²) in [6.07, 6.45) is 1.42. The van der Waals surface area contributed by atoms with Gasteiger partial charge in [-0.15, -0.1) is 0 Å². The first kappa shape index (κ1) is 11.7. The van der Waals surface area contributed by atoms with E-state index in [4.69, 9.17) is 16.3 Å². The number of nitrogens with one attached hydrogen (secondary N) is 1. The van der Waals surface area contributed by atoms with Crippen LogP contribution >= 0.6 is 11.6 Å². The molecular weight excluding hydrogens is 222 g/mol. The average molecular weight is 240 g/mol. The zero-order valence-corrected chi connectivity index (χ0v) is 10.6. The van der Waals surface area contributed by atoms with E-state index in [0.717, 1.165) is 30.3 Å². The van der Waals surface area contributed by atoms with Gasteiger partial charge >= 0.3 is 0 Å². The lowest BCUT2D eigenvalue weighted by Crippen LogP contribution is -2.50. The van der Waals surface area contributed by atoms with E-state index in [1.165, 1.54) is 5.56 Å². The first-order valence-electron chi connectivity index (χ1n) is 5.87. The molecule has 3 heteroatoms. The van der Waals surface area contributed by atoms with Crippen LogP contribution in [0.3, 0.4) is 0 Å². The van der Waals surface area contributed by atoms with Crippen LogP contribution in [0.2, 0.25) is 5.02 Å².